The molecule has 1 aromatic heterocycles. The number of benzene rings is 1. The van der Waals surface area contributed by atoms with E-state index in [9.17, 15) is 22.4 Å². The molecule has 4 nitrogen and oxygen atoms in total. The van der Waals surface area contributed by atoms with Crippen molar-refractivity contribution < 1.29 is 26.9 Å². The number of rotatable bonds is 2. The molecule has 2 aromatic rings. The minimum absolute atomic E-state index is 0.0123. The van der Waals surface area contributed by atoms with Gasteiger partial charge >= 0.3 is 12.1 Å². The fraction of sp³-hybridized carbons (Fsp3) is 0.182. The van der Waals surface area contributed by atoms with Gasteiger partial charge < -0.3 is 4.52 Å². The molecule has 0 aliphatic rings. The van der Waals surface area contributed by atoms with Gasteiger partial charge in [0.15, 0.2) is 5.78 Å². The number of aromatic nitrogens is 2. The van der Waals surface area contributed by atoms with Gasteiger partial charge in [-0.1, -0.05) is 11.2 Å². The van der Waals surface area contributed by atoms with Gasteiger partial charge in [0, 0.05) is 5.56 Å². The lowest BCUT2D eigenvalue weighted by atomic mass is 10.1. The summed E-state index contributed by atoms with van der Waals surface area (Å²) in [7, 11) is 0. The maximum Gasteiger partial charge on any atom is 0.471 e. The molecule has 0 amide bonds. The third-order valence-corrected chi connectivity index (χ3v) is 2.28. The Labute approximate surface area is 104 Å². The highest BCUT2D eigenvalue weighted by atomic mass is 19.4. The first kappa shape index (κ1) is 13.2. The fourth-order valence-electron chi connectivity index (χ4n) is 1.40. The van der Waals surface area contributed by atoms with Gasteiger partial charge in [-0.15, -0.1) is 0 Å². The van der Waals surface area contributed by atoms with Gasteiger partial charge in [-0.2, -0.15) is 18.2 Å². The van der Waals surface area contributed by atoms with Crippen LogP contribution < -0.4 is 0 Å². The van der Waals surface area contributed by atoms with E-state index in [1.807, 2.05) is 0 Å². The largest absolute Gasteiger partial charge is 0.471 e. The van der Waals surface area contributed by atoms with E-state index in [0.29, 0.717) is 0 Å². The molecule has 0 unspecified atom stereocenters. The predicted molar refractivity (Wildman–Crippen MR) is 54.7 cm³/mol. The smallest absolute Gasteiger partial charge is 0.329 e. The summed E-state index contributed by atoms with van der Waals surface area (Å²) in [5.74, 6) is -3.27. The summed E-state index contributed by atoms with van der Waals surface area (Å²) in [5.41, 5.74) is -0.176. The second-order valence-corrected chi connectivity index (χ2v) is 3.67. The van der Waals surface area contributed by atoms with Crippen molar-refractivity contribution >= 4 is 5.78 Å². The van der Waals surface area contributed by atoms with Crippen LogP contribution in [-0.2, 0) is 6.18 Å². The summed E-state index contributed by atoms with van der Waals surface area (Å²) < 4.78 is 54.3. The van der Waals surface area contributed by atoms with Gasteiger partial charge in [0.05, 0.1) is 5.56 Å². The number of alkyl halides is 3. The molecular formula is C11H6F4N2O2. The molecule has 0 atom stereocenters. The molecule has 0 aliphatic carbocycles. The maximum atomic E-state index is 13.5. The normalized spacial score (nSPS) is 11.6. The summed E-state index contributed by atoms with van der Waals surface area (Å²) in [6.45, 7) is 1.17. The van der Waals surface area contributed by atoms with Crippen LogP contribution in [0.3, 0.4) is 0 Å². The monoisotopic (exact) mass is 274 g/mol. The van der Waals surface area contributed by atoms with Gasteiger partial charge in [-0.25, -0.2) is 4.39 Å². The number of halogens is 4. The van der Waals surface area contributed by atoms with E-state index in [1.54, 1.807) is 0 Å². The molecule has 1 aromatic carbocycles. The van der Waals surface area contributed by atoms with Crippen molar-refractivity contribution in [3.8, 4) is 11.4 Å². The molecule has 1 heterocycles. The number of hydrogen-bond donors (Lipinski definition) is 0. The molecule has 0 radical (unpaired) electrons. The fourth-order valence-corrected chi connectivity index (χ4v) is 1.40. The number of carbonyl (C=O) groups excluding carboxylic acids is 1. The molecule has 0 saturated carbocycles. The number of carbonyl (C=O) groups is 1. The summed E-state index contributed by atoms with van der Waals surface area (Å²) >= 11 is 0. The lowest BCUT2D eigenvalue weighted by Gasteiger charge is -2.00. The molecule has 0 bridgehead atoms. The first-order valence-electron chi connectivity index (χ1n) is 5.01. The minimum Gasteiger partial charge on any atom is -0.329 e. The quantitative estimate of drug-likeness (QED) is 0.623. The van der Waals surface area contributed by atoms with Gasteiger partial charge in [0.2, 0.25) is 5.82 Å². The van der Waals surface area contributed by atoms with Crippen LogP contribution in [0.1, 0.15) is 23.2 Å². The standard InChI is InChI=1S/C11H6F4N2O2/c1-5(18)7-3-2-6(4-8(7)12)9-16-10(19-17-9)11(13,14)15/h2-4H,1H3. The van der Waals surface area contributed by atoms with Crippen molar-refractivity contribution in [3.63, 3.8) is 0 Å². The van der Waals surface area contributed by atoms with Crippen LogP contribution in [0.15, 0.2) is 22.7 Å². The summed E-state index contributed by atoms with van der Waals surface area (Å²) in [4.78, 5) is 14.1. The highest BCUT2D eigenvalue weighted by Crippen LogP contribution is 2.29. The molecular weight excluding hydrogens is 268 g/mol. The third-order valence-electron chi connectivity index (χ3n) is 2.28. The highest BCUT2D eigenvalue weighted by molar-refractivity contribution is 5.94. The van der Waals surface area contributed by atoms with E-state index in [0.717, 1.165) is 12.1 Å². The lowest BCUT2D eigenvalue weighted by molar-refractivity contribution is -0.159. The predicted octanol–water partition coefficient (Wildman–Crippen LogP) is 3.10. The van der Waals surface area contributed by atoms with Crippen LogP contribution in [0.2, 0.25) is 0 Å². The van der Waals surface area contributed by atoms with Crippen molar-refractivity contribution in [1.29, 1.82) is 0 Å². The summed E-state index contributed by atoms with van der Waals surface area (Å²) in [6.07, 6.45) is -4.76. The van der Waals surface area contributed by atoms with E-state index < -0.39 is 29.5 Å². The number of hydrogen-bond acceptors (Lipinski definition) is 4. The lowest BCUT2D eigenvalue weighted by Crippen LogP contribution is -2.04. The van der Waals surface area contributed by atoms with Crippen LogP contribution >= 0.6 is 0 Å². The van der Waals surface area contributed by atoms with E-state index in [1.165, 1.54) is 13.0 Å². The molecule has 0 aliphatic heterocycles. The van der Waals surface area contributed by atoms with E-state index in [4.69, 9.17) is 0 Å². The van der Waals surface area contributed by atoms with Crippen molar-refractivity contribution in [2.75, 3.05) is 0 Å². The summed E-state index contributed by atoms with van der Waals surface area (Å²) in [5, 5.41) is 3.11. The molecule has 100 valence electrons. The second-order valence-electron chi connectivity index (χ2n) is 3.67. The van der Waals surface area contributed by atoms with Crippen molar-refractivity contribution in [2.45, 2.75) is 13.1 Å². The number of ketones is 1. The first-order chi connectivity index (χ1) is 8.79. The molecule has 19 heavy (non-hydrogen) atoms. The van der Waals surface area contributed by atoms with Crippen molar-refractivity contribution in [2.24, 2.45) is 0 Å². The van der Waals surface area contributed by atoms with E-state index in [2.05, 4.69) is 14.7 Å². The van der Waals surface area contributed by atoms with Gasteiger partial charge in [-0.3, -0.25) is 4.79 Å². The number of nitrogens with zero attached hydrogens (tertiary/aromatic N) is 2. The van der Waals surface area contributed by atoms with E-state index in [-0.39, 0.29) is 11.1 Å². The Morgan fingerprint density at radius 1 is 1.32 bits per heavy atom. The van der Waals surface area contributed by atoms with Gasteiger partial charge in [0.1, 0.15) is 5.82 Å². The summed E-state index contributed by atoms with van der Waals surface area (Å²) in [6, 6.07) is 3.27. The Hall–Kier alpha value is -2.25. The zero-order valence-corrected chi connectivity index (χ0v) is 9.45. The SMILES string of the molecule is CC(=O)c1ccc(-c2noc(C(F)(F)F)n2)cc1F. The molecule has 8 heteroatoms. The average Bonchev–Trinajstić information content (AvgIpc) is 2.76. The van der Waals surface area contributed by atoms with Crippen LogP contribution in [0.5, 0.6) is 0 Å². The second kappa shape index (κ2) is 4.45. The Morgan fingerprint density at radius 3 is 2.47 bits per heavy atom. The van der Waals surface area contributed by atoms with Crippen LogP contribution in [0.4, 0.5) is 17.6 Å². The zero-order chi connectivity index (χ0) is 14.2. The Kier molecular flexibility index (Phi) is 3.09. The molecule has 0 N–H and O–H groups in total. The highest BCUT2D eigenvalue weighted by Gasteiger charge is 2.38. The minimum atomic E-state index is -4.76. The number of Topliss-reactive ketones (excluding diaryl/α,β-unsaturated/α-hetero) is 1. The van der Waals surface area contributed by atoms with Crippen LogP contribution in [0.25, 0.3) is 11.4 Å². The van der Waals surface area contributed by atoms with Crippen molar-refractivity contribution in [1.82, 2.24) is 10.1 Å². The third kappa shape index (κ3) is 2.61. The first-order valence-corrected chi connectivity index (χ1v) is 5.01. The van der Waals surface area contributed by atoms with E-state index >= 15 is 0 Å². The van der Waals surface area contributed by atoms with Crippen LogP contribution in [-0.4, -0.2) is 15.9 Å². The Bertz CT molecular complexity index is 634. The van der Waals surface area contributed by atoms with Gasteiger partial charge in [0.25, 0.3) is 0 Å². The van der Waals surface area contributed by atoms with Crippen LogP contribution in [0, 0.1) is 5.82 Å². The zero-order valence-electron chi connectivity index (χ0n) is 9.45. The topological polar surface area (TPSA) is 56.0 Å². The van der Waals surface area contributed by atoms with Crippen molar-refractivity contribution in [3.05, 3.63) is 35.5 Å². The Balaban J connectivity index is 2.40. The molecule has 0 spiro atoms. The maximum absolute atomic E-state index is 13.5. The molecule has 0 fully saturated rings. The van der Waals surface area contributed by atoms with Gasteiger partial charge in [-0.05, 0) is 19.1 Å². The molecule has 2 rings (SSSR count). The average molecular weight is 274 g/mol. The Morgan fingerprint density at radius 2 is 2.00 bits per heavy atom. The molecule has 0 saturated heterocycles.